The first-order valence-electron chi connectivity index (χ1n) is 3.64. The van der Waals surface area contributed by atoms with Crippen LogP contribution in [0.3, 0.4) is 0 Å². The lowest BCUT2D eigenvalue weighted by Crippen LogP contribution is -2.03. The normalized spacial score (nSPS) is 10.7. The third-order valence-corrected chi connectivity index (χ3v) is 1.76. The van der Waals surface area contributed by atoms with Crippen LogP contribution in [0.5, 0.6) is 0 Å². The maximum Gasteiger partial charge on any atom is 0.232 e. The average molecular weight is 144 g/mol. The predicted octanol–water partition coefficient (Wildman–Crippen LogP) is 2.25. The van der Waals surface area contributed by atoms with Gasteiger partial charge in [0.05, 0.1) is 0 Å². The standard InChI is InChI=1S/C7H16OSi/c1-4-5-6-8-9-7(2)3/h7H,4-6H2,1-3H3. The third-order valence-electron chi connectivity index (χ3n) is 0.919. The van der Waals surface area contributed by atoms with Crippen LogP contribution in [0.25, 0.3) is 0 Å². The Morgan fingerprint density at radius 1 is 1.44 bits per heavy atom. The zero-order valence-corrected chi connectivity index (χ0v) is 7.61. The zero-order chi connectivity index (χ0) is 7.11. The molecule has 0 unspecified atom stereocenters. The average Bonchev–Trinajstić information content (AvgIpc) is 1.80. The Morgan fingerprint density at radius 2 is 2.11 bits per heavy atom. The van der Waals surface area contributed by atoms with Gasteiger partial charge in [0.1, 0.15) is 0 Å². The minimum atomic E-state index is 0.698. The number of hydrogen-bond acceptors (Lipinski definition) is 1. The maximum atomic E-state index is 5.36. The Labute approximate surface area is 60.7 Å². The van der Waals surface area contributed by atoms with Crippen LogP contribution in [0.2, 0.25) is 5.54 Å². The van der Waals surface area contributed by atoms with Crippen LogP contribution < -0.4 is 0 Å². The van der Waals surface area contributed by atoms with E-state index in [1.807, 2.05) is 0 Å². The van der Waals surface area contributed by atoms with Gasteiger partial charge in [-0.3, -0.25) is 0 Å². The molecule has 0 aromatic carbocycles. The fraction of sp³-hybridized carbons (Fsp3) is 1.00. The van der Waals surface area contributed by atoms with E-state index in [9.17, 15) is 0 Å². The molecule has 0 aliphatic heterocycles. The van der Waals surface area contributed by atoms with E-state index < -0.39 is 0 Å². The monoisotopic (exact) mass is 144 g/mol. The predicted molar refractivity (Wildman–Crippen MR) is 41.7 cm³/mol. The second kappa shape index (κ2) is 6.30. The van der Waals surface area contributed by atoms with Crippen molar-refractivity contribution in [1.82, 2.24) is 0 Å². The van der Waals surface area contributed by atoms with E-state index in [4.69, 9.17) is 4.43 Å². The second-order valence-corrected chi connectivity index (χ2v) is 4.15. The molecule has 0 aliphatic rings. The fourth-order valence-corrected chi connectivity index (χ4v) is 1.04. The lowest BCUT2D eigenvalue weighted by atomic mass is 10.4. The summed E-state index contributed by atoms with van der Waals surface area (Å²) in [4.78, 5) is 0. The summed E-state index contributed by atoms with van der Waals surface area (Å²) in [6.07, 6.45) is 2.45. The van der Waals surface area contributed by atoms with Gasteiger partial charge in [-0.25, -0.2) is 0 Å². The molecule has 0 heterocycles. The molecule has 0 amide bonds. The first-order valence-corrected chi connectivity index (χ1v) is 4.63. The molecule has 0 N–H and O–H groups in total. The zero-order valence-electron chi connectivity index (χ0n) is 6.61. The van der Waals surface area contributed by atoms with E-state index in [1.54, 1.807) is 0 Å². The molecule has 2 radical (unpaired) electrons. The second-order valence-electron chi connectivity index (χ2n) is 2.47. The Balaban J connectivity index is 2.75. The molecule has 0 spiro atoms. The van der Waals surface area contributed by atoms with Gasteiger partial charge >= 0.3 is 0 Å². The molecule has 0 fully saturated rings. The smallest absolute Gasteiger partial charge is 0.232 e. The Kier molecular flexibility index (Phi) is 6.42. The summed E-state index contributed by atoms with van der Waals surface area (Å²) in [5.74, 6) is 0. The van der Waals surface area contributed by atoms with E-state index in [2.05, 4.69) is 20.8 Å². The highest BCUT2D eigenvalue weighted by atomic mass is 28.2. The lowest BCUT2D eigenvalue weighted by molar-refractivity contribution is 0.322. The summed E-state index contributed by atoms with van der Waals surface area (Å²) in [5, 5.41) is 0. The minimum absolute atomic E-state index is 0.698. The highest BCUT2D eigenvalue weighted by Gasteiger charge is 1.94. The largest absolute Gasteiger partial charge is 0.417 e. The maximum absolute atomic E-state index is 5.36. The molecule has 0 aliphatic carbocycles. The molecule has 0 saturated heterocycles. The van der Waals surface area contributed by atoms with Crippen molar-refractivity contribution >= 4 is 9.76 Å². The van der Waals surface area contributed by atoms with E-state index in [0.29, 0.717) is 15.3 Å². The van der Waals surface area contributed by atoms with Crippen LogP contribution in [0.15, 0.2) is 0 Å². The number of hydrogen-bond donors (Lipinski definition) is 0. The van der Waals surface area contributed by atoms with E-state index in [0.717, 1.165) is 6.61 Å². The van der Waals surface area contributed by atoms with Crippen molar-refractivity contribution in [1.29, 1.82) is 0 Å². The van der Waals surface area contributed by atoms with Crippen LogP contribution in [0, 0.1) is 0 Å². The minimum Gasteiger partial charge on any atom is -0.417 e. The summed E-state index contributed by atoms with van der Waals surface area (Å²) in [6.45, 7) is 7.50. The van der Waals surface area contributed by atoms with Crippen molar-refractivity contribution in [3.8, 4) is 0 Å². The third kappa shape index (κ3) is 8.18. The molecule has 54 valence electrons. The molecule has 0 rings (SSSR count). The summed E-state index contributed by atoms with van der Waals surface area (Å²) in [6, 6.07) is 0. The highest BCUT2D eigenvalue weighted by Crippen LogP contribution is 1.97. The van der Waals surface area contributed by atoms with Gasteiger partial charge in [-0.2, -0.15) is 0 Å². The van der Waals surface area contributed by atoms with Gasteiger partial charge in [0.2, 0.25) is 9.76 Å². The van der Waals surface area contributed by atoms with Crippen LogP contribution in [0.4, 0.5) is 0 Å². The van der Waals surface area contributed by atoms with Crippen molar-refractivity contribution in [2.75, 3.05) is 6.61 Å². The van der Waals surface area contributed by atoms with Crippen molar-refractivity contribution < 1.29 is 4.43 Å². The molecule has 2 heteroatoms. The topological polar surface area (TPSA) is 9.23 Å². The van der Waals surface area contributed by atoms with Crippen molar-refractivity contribution in [3.63, 3.8) is 0 Å². The van der Waals surface area contributed by atoms with Gasteiger partial charge in [0.15, 0.2) is 0 Å². The molecule has 9 heavy (non-hydrogen) atoms. The van der Waals surface area contributed by atoms with Gasteiger partial charge in [0.25, 0.3) is 0 Å². The quantitative estimate of drug-likeness (QED) is 0.425. The van der Waals surface area contributed by atoms with Gasteiger partial charge in [-0.15, -0.1) is 0 Å². The molecule has 0 bridgehead atoms. The molecule has 0 aromatic rings. The molecule has 0 saturated carbocycles. The first kappa shape index (κ1) is 9.18. The van der Waals surface area contributed by atoms with E-state index >= 15 is 0 Å². The van der Waals surface area contributed by atoms with E-state index in [-0.39, 0.29) is 0 Å². The van der Waals surface area contributed by atoms with Crippen LogP contribution in [0.1, 0.15) is 33.6 Å². The highest BCUT2D eigenvalue weighted by molar-refractivity contribution is 6.29. The Hall–Kier alpha value is 0.177. The van der Waals surface area contributed by atoms with E-state index in [1.165, 1.54) is 12.8 Å². The van der Waals surface area contributed by atoms with Crippen molar-refractivity contribution in [3.05, 3.63) is 0 Å². The molecular formula is C7H16OSi. The first-order chi connectivity index (χ1) is 4.27. The fourth-order valence-electron chi connectivity index (χ4n) is 0.442. The van der Waals surface area contributed by atoms with Gasteiger partial charge in [0, 0.05) is 6.61 Å². The molecular weight excluding hydrogens is 128 g/mol. The van der Waals surface area contributed by atoms with Crippen LogP contribution >= 0.6 is 0 Å². The van der Waals surface area contributed by atoms with Gasteiger partial charge in [-0.1, -0.05) is 27.2 Å². The van der Waals surface area contributed by atoms with Crippen LogP contribution in [-0.4, -0.2) is 16.4 Å². The van der Waals surface area contributed by atoms with Crippen molar-refractivity contribution in [2.45, 2.75) is 39.2 Å². The summed E-state index contributed by atoms with van der Waals surface area (Å²) in [5.41, 5.74) is 0.710. The van der Waals surface area contributed by atoms with Gasteiger partial charge in [-0.05, 0) is 12.0 Å². The summed E-state index contributed by atoms with van der Waals surface area (Å²) < 4.78 is 5.36. The molecule has 0 aromatic heterocycles. The lowest BCUT2D eigenvalue weighted by Gasteiger charge is -2.02. The Morgan fingerprint density at radius 3 is 2.56 bits per heavy atom. The summed E-state index contributed by atoms with van der Waals surface area (Å²) >= 11 is 0. The van der Waals surface area contributed by atoms with Crippen LogP contribution in [-0.2, 0) is 4.43 Å². The molecule has 0 atom stereocenters. The number of unbranched alkanes of at least 4 members (excludes halogenated alkanes) is 1. The summed E-state index contributed by atoms with van der Waals surface area (Å²) in [7, 11) is 0.698. The SMILES string of the molecule is CCCCO[Si]C(C)C. The number of rotatable bonds is 5. The van der Waals surface area contributed by atoms with Crippen molar-refractivity contribution in [2.24, 2.45) is 0 Å². The van der Waals surface area contributed by atoms with Gasteiger partial charge < -0.3 is 4.43 Å². The molecule has 1 nitrogen and oxygen atoms in total. The Bertz CT molecular complexity index is 54.9.